The Morgan fingerprint density at radius 1 is 1.62 bits per heavy atom. The van der Waals surface area contributed by atoms with Crippen molar-refractivity contribution in [3.8, 4) is 0 Å². The predicted molar refractivity (Wildman–Crippen MR) is 47.1 cm³/mol. The van der Waals surface area contributed by atoms with E-state index < -0.39 is 0 Å². The lowest BCUT2D eigenvalue weighted by molar-refractivity contribution is -0.736. The van der Waals surface area contributed by atoms with Gasteiger partial charge in [-0.15, -0.1) is 0 Å². The van der Waals surface area contributed by atoms with E-state index in [2.05, 4.69) is 4.84 Å². The largest absolute Gasteiger partial charge is 0.393 e. The smallest absolute Gasteiger partial charge is 0.339 e. The fourth-order valence-corrected chi connectivity index (χ4v) is 0.995. The molecule has 0 atom stereocenters. The van der Waals surface area contributed by atoms with Gasteiger partial charge in [0.15, 0.2) is 7.11 Å². The van der Waals surface area contributed by atoms with Crippen LogP contribution in [0.4, 0.5) is 11.4 Å². The Balaban J connectivity index is 3.15. The highest BCUT2D eigenvalue weighted by Gasteiger charge is 2.20. The molecular weight excluding hydrogens is 172 g/mol. The van der Waals surface area contributed by atoms with Crippen LogP contribution < -0.4 is 5.73 Å². The molecule has 0 heterocycles. The number of hydrogen-bond acceptors (Lipinski definition) is 4. The van der Waals surface area contributed by atoms with Crippen LogP contribution in [0.3, 0.4) is 0 Å². The first-order valence-corrected chi connectivity index (χ1v) is 3.70. The molecule has 70 valence electrons. The zero-order chi connectivity index (χ0) is 9.84. The molecule has 1 aromatic rings. The Morgan fingerprint density at radius 2 is 2.31 bits per heavy atom. The first-order chi connectivity index (χ1) is 6.20. The Morgan fingerprint density at radius 3 is 2.85 bits per heavy atom. The molecule has 0 saturated carbocycles. The van der Waals surface area contributed by atoms with Crippen molar-refractivity contribution >= 4 is 11.4 Å². The minimum atomic E-state index is -0.197. The number of para-hydroxylation sites is 1. The Hall–Kier alpha value is -1.62. The molecule has 0 unspecified atom stereocenters. The van der Waals surface area contributed by atoms with Crippen LogP contribution in [0, 0.1) is 4.91 Å². The maximum atomic E-state index is 11.0. The lowest BCUT2D eigenvalue weighted by Crippen LogP contribution is -2.04. The molecule has 0 aliphatic rings. The number of benzene rings is 1. The first kappa shape index (κ1) is 9.47. The molecule has 13 heavy (non-hydrogen) atoms. The second kappa shape index (κ2) is 3.86. The van der Waals surface area contributed by atoms with Crippen molar-refractivity contribution in [3.05, 3.63) is 28.7 Å². The van der Waals surface area contributed by atoms with Gasteiger partial charge in [-0.2, -0.15) is 0 Å². The molecule has 0 bridgehead atoms. The average molecular weight is 183 g/mol. The Bertz CT molecular complexity index is 325. The van der Waals surface area contributed by atoms with Gasteiger partial charge in [-0.1, -0.05) is 12.1 Å². The molecule has 3 N–H and O–H groups in total. The normalized spacial score (nSPS) is 9.69. The number of aliphatic hydroxyl groups is 1. The number of nitrogen functional groups attached to an aromatic ring is 1. The van der Waals surface area contributed by atoms with Crippen LogP contribution >= 0.6 is 0 Å². The topological polar surface area (TPSA) is 75.6 Å². The van der Waals surface area contributed by atoms with E-state index >= 15 is 0 Å². The van der Waals surface area contributed by atoms with Gasteiger partial charge in [0.2, 0.25) is 0 Å². The molecule has 1 aromatic carbocycles. The number of nitrogens with zero attached hydrogens (tertiary/aromatic N) is 1. The Labute approximate surface area is 75.3 Å². The minimum absolute atomic E-state index is 0.197. The standard InChI is InChI=1S/C8H11N2O3/c1-13-10(12)7-4-2-3-6(5-11)8(7)9/h2-4,11H,5,9H2,1H3/q+1. The number of rotatable bonds is 3. The van der Waals surface area contributed by atoms with E-state index in [9.17, 15) is 4.91 Å². The molecule has 0 amide bonds. The van der Waals surface area contributed by atoms with E-state index in [0.29, 0.717) is 10.5 Å². The predicted octanol–water partition coefficient (Wildman–Crippen LogP) is 0.733. The number of anilines is 1. The third-order valence-electron chi connectivity index (χ3n) is 1.71. The fourth-order valence-electron chi connectivity index (χ4n) is 0.995. The quantitative estimate of drug-likeness (QED) is 0.535. The van der Waals surface area contributed by atoms with E-state index in [1.54, 1.807) is 12.1 Å². The second-order valence-corrected chi connectivity index (χ2v) is 2.45. The third-order valence-corrected chi connectivity index (χ3v) is 1.71. The fraction of sp³-hybridized carbons (Fsp3) is 0.250. The lowest BCUT2D eigenvalue weighted by atomic mass is 10.1. The van der Waals surface area contributed by atoms with Crippen LogP contribution in [-0.4, -0.2) is 17.1 Å². The summed E-state index contributed by atoms with van der Waals surface area (Å²) in [5.74, 6) is 0. The van der Waals surface area contributed by atoms with Crippen LogP contribution in [0.2, 0.25) is 0 Å². The molecule has 5 nitrogen and oxygen atoms in total. The molecule has 1 rings (SSSR count). The highest BCUT2D eigenvalue weighted by atomic mass is 16.8. The molecule has 0 fully saturated rings. The van der Waals surface area contributed by atoms with Crippen LogP contribution in [0.15, 0.2) is 18.2 Å². The third kappa shape index (κ3) is 1.75. The van der Waals surface area contributed by atoms with Crippen LogP contribution in [0.1, 0.15) is 5.56 Å². The summed E-state index contributed by atoms with van der Waals surface area (Å²) in [6.45, 7) is -0.197. The van der Waals surface area contributed by atoms with E-state index in [1.807, 2.05) is 0 Å². The van der Waals surface area contributed by atoms with Crippen molar-refractivity contribution in [1.29, 1.82) is 0 Å². The zero-order valence-electron chi connectivity index (χ0n) is 7.23. The number of hydrogen-bond donors (Lipinski definition) is 2. The summed E-state index contributed by atoms with van der Waals surface area (Å²) >= 11 is 0. The van der Waals surface area contributed by atoms with Gasteiger partial charge in [-0.3, -0.25) is 0 Å². The summed E-state index contributed by atoms with van der Waals surface area (Å²) in [5.41, 5.74) is 6.54. The molecule has 0 radical (unpaired) electrons. The van der Waals surface area contributed by atoms with E-state index in [1.165, 1.54) is 13.2 Å². The average Bonchev–Trinajstić information content (AvgIpc) is 2.17. The van der Waals surface area contributed by atoms with Gasteiger partial charge < -0.3 is 10.8 Å². The monoisotopic (exact) mass is 183 g/mol. The zero-order valence-corrected chi connectivity index (χ0v) is 7.23. The maximum absolute atomic E-state index is 11.0. The van der Waals surface area contributed by atoms with Gasteiger partial charge >= 0.3 is 5.69 Å². The van der Waals surface area contributed by atoms with Gasteiger partial charge in [0, 0.05) is 11.6 Å². The molecular formula is C8H11N2O3+. The van der Waals surface area contributed by atoms with Crippen molar-refractivity contribution in [2.75, 3.05) is 12.8 Å². The summed E-state index contributed by atoms with van der Waals surface area (Å²) in [7, 11) is 1.25. The van der Waals surface area contributed by atoms with Gasteiger partial charge in [0.05, 0.1) is 11.5 Å². The van der Waals surface area contributed by atoms with Crippen LogP contribution in [-0.2, 0) is 11.4 Å². The van der Waals surface area contributed by atoms with Crippen molar-refractivity contribution in [2.24, 2.45) is 0 Å². The molecule has 0 aromatic heterocycles. The van der Waals surface area contributed by atoms with Crippen LogP contribution in [0.5, 0.6) is 0 Å². The van der Waals surface area contributed by atoms with E-state index in [-0.39, 0.29) is 18.0 Å². The number of aliphatic hydroxyl groups excluding tert-OH is 1. The molecule has 5 heteroatoms. The first-order valence-electron chi connectivity index (χ1n) is 3.70. The van der Waals surface area contributed by atoms with Gasteiger partial charge in [0.1, 0.15) is 5.69 Å². The SMILES string of the molecule is CO[N+](=O)c1cccc(CO)c1N. The highest BCUT2D eigenvalue weighted by Crippen LogP contribution is 2.24. The van der Waals surface area contributed by atoms with Gasteiger partial charge in [-0.25, -0.2) is 4.84 Å². The lowest BCUT2D eigenvalue weighted by Gasteiger charge is -1.99. The van der Waals surface area contributed by atoms with Crippen molar-refractivity contribution < 1.29 is 14.9 Å². The van der Waals surface area contributed by atoms with Crippen molar-refractivity contribution in [3.63, 3.8) is 0 Å². The maximum Gasteiger partial charge on any atom is 0.339 e. The highest BCUT2D eigenvalue weighted by molar-refractivity contribution is 5.62. The summed E-state index contributed by atoms with van der Waals surface area (Å²) in [4.78, 5) is 15.8. The Kier molecular flexibility index (Phi) is 2.81. The minimum Gasteiger partial charge on any atom is -0.393 e. The molecule has 0 aliphatic heterocycles. The van der Waals surface area contributed by atoms with Gasteiger partial charge in [0.25, 0.3) is 4.92 Å². The molecule has 0 aliphatic carbocycles. The van der Waals surface area contributed by atoms with Crippen LogP contribution in [0.25, 0.3) is 0 Å². The second-order valence-electron chi connectivity index (χ2n) is 2.45. The molecule has 0 saturated heterocycles. The molecule has 0 spiro atoms. The van der Waals surface area contributed by atoms with Crippen molar-refractivity contribution in [1.82, 2.24) is 0 Å². The van der Waals surface area contributed by atoms with Crippen molar-refractivity contribution in [2.45, 2.75) is 6.61 Å². The summed E-state index contributed by atoms with van der Waals surface area (Å²) < 4.78 is 0. The van der Waals surface area contributed by atoms with E-state index in [0.717, 1.165) is 0 Å². The summed E-state index contributed by atoms with van der Waals surface area (Å²) in [6, 6.07) is 4.79. The van der Waals surface area contributed by atoms with Gasteiger partial charge in [-0.05, 0) is 0 Å². The number of nitrogens with two attached hydrogens (primary N) is 1. The van der Waals surface area contributed by atoms with E-state index in [4.69, 9.17) is 10.8 Å². The summed E-state index contributed by atoms with van der Waals surface area (Å²) in [5, 5.41) is 8.86. The summed E-state index contributed by atoms with van der Waals surface area (Å²) in [6.07, 6.45) is 0.